The van der Waals surface area contributed by atoms with Gasteiger partial charge in [0.2, 0.25) is 0 Å². The number of nitrogens with zero attached hydrogens (tertiary/aromatic N) is 2. The maximum absolute atomic E-state index is 13.6. The quantitative estimate of drug-likeness (QED) is 0.876. The van der Waals surface area contributed by atoms with Gasteiger partial charge in [-0.25, -0.2) is 8.78 Å². The molecule has 1 fully saturated rings. The van der Waals surface area contributed by atoms with Crippen molar-refractivity contribution >= 4 is 16.6 Å². The van der Waals surface area contributed by atoms with E-state index in [2.05, 4.69) is 16.8 Å². The van der Waals surface area contributed by atoms with Gasteiger partial charge in [-0.15, -0.1) is 0 Å². The molecule has 25 heavy (non-hydrogen) atoms. The number of aliphatic imine (C=N–C) groups is 1. The van der Waals surface area contributed by atoms with E-state index in [0.29, 0.717) is 11.6 Å². The fourth-order valence-corrected chi connectivity index (χ4v) is 4.27. The highest BCUT2D eigenvalue weighted by Crippen LogP contribution is 2.31. The third-order valence-electron chi connectivity index (χ3n) is 5.71. The number of halogens is 2. The van der Waals surface area contributed by atoms with Crippen molar-refractivity contribution in [1.82, 2.24) is 9.88 Å². The van der Waals surface area contributed by atoms with E-state index in [9.17, 15) is 8.78 Å². The summed E-state index contributed by atoms with van der Waals surface area (Å²) < 4.78 is 27.1. The summed E-state index contributed by atoms with van der Waals surface area (Å²) in [5.74, 6) is -1.58. The largest absolute Gasteiger partial charge is 0.353 e. The van der Waals surface area contributed by atoms with E-state index in [0.717, 1.165) is 54.7 Å². The Labute approximate surface area is 147 Å². The number of piperidine rings is 1. The number of aromatic nitrogens is 1. The van der Waals surface area contributed by atoms with Crippen LogP contribution in [0.15, 0.2) is 17.1 Å². The summed E-state index contributed by atoms with van der Waals surface area (Å²) in [6.45, 7) is 5.24. The smallest absolute Gasteiger partial charge is 0.160 e. The second-order valence-corrected chi connectivity index (χ2v) is 7.35. The normalized spacial score (nSPS) is 23.3. The minimum atomic E-state index is -0.802. The van der Waals surface area contributed by atoms with Crippen LogP contribution in [0.25, 0.3) is 10.9 Å². The second kappa shape index (κ2) is 6.87. The lowest BCUT2D eigenvalue weighted by Crippen LogP contribution is -2.39. The zero-order valence-electron chi connectivity index (χ0n) is 14.7. The van der Waals surface area contributed by atoms with E-state index in [-0.39, 0.29) is 0 Å². The average Bonchev–Trinajstić information content (AvgIpc) is 2.95. The van der Waals surface area contributed by atoms with Gasteiger partial charge in [0.05, 0.1) is 18.0 Å². The van der Waals surface area contributed by atoms with Crippen molar-refractivity contribution in [3.05, 3.63) is 35.0 Å². The van der Waals surface area contributed by atoms with Crippen LogP contribution in [-0.4, -0.2) is 41.3 Å². The summed E-state index contributed by atoms with van der Waals surface area (Å²) >= 11 is 0. The maximum Gasteiger partial charge on any atom is 0.160 e. The van der Waals surface area contributed by atoms with Gasteiger partial charge in [0.15, 0.2) is 11.6 Å². The van der Waals surface area contributed by atoms with Crippen LogP contribution >= 0.6 is 0 Å². The topological polar surface area (TPSA) is 31.4 Å². The SMILES string of the molecule is CC1CCCCN1CC/N=C1\CCCc2c1[nH]c1cc(F)c(F)cc21. The van der Waals surface area contributed by atoms with Gasteiger partial charge in [0, 0.05) is 29.6 Å². The van der Waals surface area contributed by atoms with Gasteiger partial charge in [-0.05, 0) is 57.2 Å². The van der Waals surface area contributed by atoms with Crippen LogP contribution in [0.1, 0.15) is 50.3 Å². The lowest BCUT2D eigenvalue weighted by Gasteiger charge is -2.32. The number of rotatable bonds is 3. The first kappa shape index (κ1) is 16.7. The Morgan fingerprint density at radius 3 is 2.84 bits per heavy atom. The number of benzene rings is 1. The second-order valence-electron chi connectivity index (χ2n) is 7.35. The Morgan fingerprint density at radius 1 is 1.16 bits per heavy atom. The Balaban J connectivity index is 1.56. The van der Waals surface area contributed by atoms with Crippen molar-refractivity contribution < 1.29 is 8.78 Å². The van der Waals surface area contributed by atoms with Crippen LogP contribution in [0.5, 0.6) is 0 Å². The van der Waals surface area contributed by atoms with Crippen LogP contribution in [0.3, 0.4) is 0 Å². The number of aryl methyl sites for hydroxylation is 1. The third-order valence-corrected chi connectivity index (χ3v) is 5.71. The van der Waals surface area contributed by atoms with E-state index < -0.39 is 11.6 Å². The van der Waals surface area contributed by atoms with Gasteiger partial charge in [0.25, 0.3) is 0 Å². The molecule has 2 aromatic rings. The summed E-state index contributed by atoms with van der Waals surface area (Å²) in [5, 5.41) is 0.797. The molecule has 0 amide bonds. The molecule has 1 N–H and O–H groups in total. The van der Waals surface area contributed by atoms with Gasteiger partial charge >= 0.3 is 0 Å². The zero-order chi connectivity index (χ0) is 17.4. The number of H-pyrrole nitrogens is 1. The van der Waals surface area contributed by atoms with Gasteiger partial charge in [-0.2, -0.15) is 0 Å². The number of hydrogen-bond acceptors (Lipinski definition) is 2. The number of aromatic amines is 1. The molecule has 4 rings (SSSR count). The molecular formula is C20H25F2N3. The molecule has 0 spiro atoms. The summed E-state index contributed by atoms with van der Waals surface area (Å²) in [6.07, 6.45) is 6.72. The zero-order valence-corrected chi connectivity index (χ0v) is 14.7. The van der Waals surface area contributed by atoms with Crippen molar-refractivity contribution in [2.45, 2.75) is 51.5 Å². The molecular weight excluding hydrogens is 320 g/mol. The van der Waals surface area contributed by atoms with E-state index in [1.165, 1.54) is 37.9 Å². The molecule has 1 atom stereocenters. The predicted octanol–water partition coefficient (Wildman–Crippen LogP) is 4.45. The molecule has 1 saturated heterocycles. The number of likely N-dealkylation sites (tertiary alicyclic amines) is 1. The number of fused-ring (bicyclic) bond motifs is 3. The van der Waals surface area contributed by atoms with E-state index in [1.807, 2.05) is 0 Å². The molecule has 1 aromatic heterocycles. The Kier molecular flexibility index (Phi) is 4.59. The number of hydrogen-bond donors (Lipinski definition) is 1. The van der Waals surface area contributed by atoms with E-state index in [1.54, 1.807) is 0 Å². The summed E-state index contributed by atoms with van der Waals surface area (Å²) in [7, 11) is 0. The maximum atomic E-state index is 13.6. The monoisotopic (exact) mass is 345 g/mol. The van der Waals surface area contributed by atoms with Gasteiger partial charge in [0.1, 0.15) is 0 Å². The average molecular weight is 345 g/mol. The molecule has 0 saturated carbocycles. The highest BCUT2D eigenvalue weighted by Gasteiger charge is 2.22. The summed E-state index contributed by atoms with van der Waals surface area (Å²) in [6, 6.07) is 3.23. The molecule has 134 valence electrons. The molecule has 2 aliphatic rings. The first-order valence-electron chi connectivity index (χ1n) is 9.41. The number of nitrogens with one attached hydrogen (secondary N) is 1. The molecule has 1 unspecified atom stereocenters. The Hall–Kier alpha value is -1.75. The standard InChI is InChI=1S/C20H25F2N3/c1-13-5-2-3-9-25(13)10-8-23-18-7-4-6-14-15-11-16(21)17(22)12-19(15)24-20(14)18/h11-13,24H,2-10H2,1H3/b23-18+. The molecule has 5 heteroatoms. The minimum Gasteiger partial charge on any atom is -0.353 e. The molecule has 1 aromatic carbocycles. The molecule has 0 bridgehead atoms. The third kappa shape index (κ3) is 3.22. The van der Waals surface area contributed by atoms with Crippen LogP contribution in [0, 0.1) is 11.6 Å². The van der Waals surface area contributed by atoms with Crippen LogP contribution in [0.2, 0.25) is 0 Å². The van der Waals surface area contributed by atoms with Gasteiger partial charge in [-0.3, -0.25) is 9.89 Å². The fraction of sp³-hybridized carbons (Fsp3) is 0.550. The van der Waals surface area contributed by atoms with Gasteiger partial charge in [-0.1, -0.05) is 6.42 Å². The lowest BCUT2D eigenvalue weighted by molar-refractivity contribution is 0.166. The Bertz CT molecular complexity index is 809. The molecule has 1 aliphatic heterocycles. The molecule has 0 radical (unpaired) electrons. The molecule has 3 nitrogen and oxygen atoms in total. The van der Waals surface area contributed by atoms with Crippen molar-refractivity contribution in [1.29, 1.82) is 0 Å². The fourth-order valence-electron chi connectivity index (χ4n) is 4.27. The molecule has 2 heterocycles. The van der Waals surface area contributed by atoms with Crippen LogP contribution < -0.4 is 0 Å². The highest BCUT2D eigenvalue weighted by atomic mass is 19.2. The van der Waals surface area contributed by atoms with E-state index >= 15 is 0 Å². The lowest BCUT2D eigenvalue weighted by atomic mass is 9.94. The first-order chi connectivity index (χ1) is 12.1. The first-order valence-corrected chi connectivity index (χ1v) is 9.41. The Morgan fingerprint density at radius 2 is 2.00 bits per heavy atom. The highest BCUT2D eigenvalue weighted by molar-refractivity contribution is 6.06. The van der Waals surface area contributed by atoms with Crippen LogP contribution in [-0.2, 0) is 6.42 Å². The van der Waals surface area contributed by atoms with Crippen LogP contribution in [0.4, 0.5) is 8.78 Å². The summed E-state index contributed by atoms with van der Waals surface area (Å²) in [4.78, 5) is 10.7. The van der Waals surface area contributed by atoms with E-state index in [4.69, 9.17) is 4.99 Å². The van der Waals surface area contributed by atoms with Crippen molar-refractivity contribution in [3.63, 3.8) is 0 Å². The predicted molar refractivity (Wildman–Crippen MR) is 97.4 cm³/mol. The van der Waals surface area contributed by atoms with Gasteiger partial charge < -0.3 is 4.98 Å². The van der Waals surface area contributed by atoms with Crippen molar-refractivity contribution in [2.24, 2.45) is 4.99 Å². The van der Waals surface area contributed by atoms with Crippen molar-refractivity contribution in [3.8, 4) is 0 Å². The minimum absolute atomic E-state index is 0.648. The van der Waals surface area contributed by atoms with Crippen molar-refractivity contribution in [2.75, 3.05) is 19.6 Å². The summed E-state index contributed by atoms with van der Waals surface area (Å²) in [5.41, 5.74) is 3.80. The molecule has 1 aliphatic carbocycles.